The smallest absolute Gasteiger partial charge is 0.345 e. The van der Waals surface area contributed by atoms with Crippen LogP contribution in [0.1, 0.15) is 34.1 Å². The Morgan fingerprint density at radius 3 is 2.50 bits per heavy atom. The van der Waals surface area contributed by atoms with Crippen molar-refractivity contribution in [2.24, 2.45) is 7.05 Å². The molecule has 0 bridgehead atoms. The van der Waals surface area contributed by atoms with E-state index >= 15 is 0 Å². The molecule has 1 aliphatic heterocycles. The zero-order valence-electron chi connectivity index (χ0n) is 19.7. The maximum atomic E-state index is 12.8. The molecule has 1 aromatic carbocycles. The van der Waals surface area contributed by atoms with Gasteiger partial charge in [-0.25, -0.2) is 4.98 Å². The number of hydrogen-bond donors (Lipinski definition) is 1. The molecular weight excluding hydrogens is 476 g/mol. The van der Waals surface area contributed by atoms with Crippen molar-refractivity contribution in [3.8, 4) is 17.4 Å². The molecule has 190 valence electrons. The minimum absolute atomic E-state index is 0.0934. The van der Waals surface area contributed by atoms with Gasteiger partial charge in [-0.2, -0.15) is 13.9 Å². The second-order valence-electron chi connectivity index (χ2n) is 8.18. The quantitative estimate of drug-likeness (QED) is 0.451. The van der Waals surface area contributed by atoms with Crippen LogP contribution in [0.4, 0.5) is 14.6 Å². The normalized spacial score (nSPS) is 13.8. The van der Waals surface area contributed by atoms with E-state index in [1.54, 1.807) is 43.3 Å². The number of hydrogen-bond acceptors (Lipinski definition) is 7. The van der Waals surface area contributed by atoms with Crippen LogP contribution in [-0.4, -0.2) is 63.9 Å². The third-order valence-corrected chi connectivity index (χ3v) is 5.24. The van der Waals surface area contributed by atoms with Gasteiger partial charge in [0.2, 0.25) is 5.88 Å². The fraction of sp³-hybridized carbons (Fsp3) is 0.333. The fourth-order valence-electron chi connectivity index (χ4n) is 3.36. The summed E-state index contributed by atoms with van der Waals surface area (Å²) < 4.78 is 42.1. The highest BCUT2D eigenvalue weighted by atomic mass is 19.3. The topological polar surface area (TPSA) is 108 Å². The average molecular weight is 501 g/mol. The predicted octanol–water partition coefficient (Wildman–Crippen LogP) is 3.71. The molecule has 4 rings (SSSR count). The summed E-state index contributed by atoms with van der Waals surface area (Å²) in [6.45, 7) is -0.264. The van der Waals surface area contributed by atoms with E-state index in [-0.39, 0.29) is 35.5 Å². The van der Waals surface area contributed by atoms with Crippen LogP contribution < -0.4 is 14.8 Å². The molecule has 1 N–H and O–H groups in total. The van der Waals surface area contributed by atoms with E-state index in [1.807, 2.05) is 0 Å². The average Bonchev–Trinajstić information content (AvgIpc) is 3.21. The summed E-state index contributed by atoms with van der Waals surface area (Å²) in [7, 11) is 1.72. The second kappa shape index (κ2) is 11.1. The molecule has 0 radical (unpaired) electrons. The lowest BCUT2D eigenvalue weighted by Gasteiger charge is -2.30. The van der Waals surface area contributed by atoms with E-state index in [9.17, 15) is 18.4 Å². The van der Waals surface area contributed by atoms with Gasteiger partial charge in [-0.1, -0.05) is 0 Å². The number of aromatic nitrogens is 3. The lowest BCUT2D eigenvalue weighted by molar-refractivity contribution is -0.142. The van der Waals surface area contributed by atoms with Gasteiger partial charge in [0.05, 0.1) is 12.2 Å². The van der Waals surface area contributed by atoms with E-state index in [0.29, 0.717) is 11.4 Å². The molecule has 2 amide bonds. The third kappa shape index (κ3) is 6.54. The lowest BCUT2D eigenvalue weighted by Crippen LogP contribution is -2.42. The molecule has 10 nitrogen and oxygen atoms in total. The van der Waals surface area contributed by atoms with Crippen molar-refractivity contribution in [3.05, 3.63) is 59.9 Å². The molecule has 3 aromatic rings. The number of nitrogens with one attached hydrogen (secondary N) is 1. The monoisotopic (exact) mass is 501 g/mol. The molecule has 0 spiro atoms. The summed E-state index contributed by atoms with van der Waals surface area (Å²) >= 11 is 0. The molecule has 12 heteroatoms. The standard InChI is InChI=1S/C24H25F2N5O5/c1-15(14-34-24(25)26)35-18-10-17(22(32)28-20-6-9-30(2)29-20)11-19(12-18)36-21-5-4-16(13-27-21)23(33)31-7-3-8-31/h4-6,9-13,15,24H,3,7-8,14H2,1-2H3,(H,28,29,32)/t15-/m0/s1. The van der Waals surface area contributed by atoms with Crippen molar-refractivity contribution in [1.29, 1.82) is 0 Å². The highest BCUT2D eigenvalue weighted by Crippen LogP contribution is 2.28. The summed E-state index contributed by atoms with van der Waals surface area (Å²) in [6.07, 6.45) is 3.36. The highest BCUT2D eigenvalue weighted by Gasteiger charge is 2.22. The first kappa shape index (κ1) is 25.0. The largest absolute Gasteiger partial charge is 0.488 e. The highest BCUT2D eigenvalue weighted by molar-refractivity contribution is 6.04. The minimum atomic E-state index is -2.92. The van der Waals surface area contributed by atoms with Gasteiger partial charge in [0.15, 0.2) is 5.82 Å². The van der Waals surface area contributed by atoms with Gasteiger partial charge in [0.1, 0.15) is 17.6 Å². The minimum Gasteiger partial charge on any atom is -0.488 e. The second-order valence-corrected chi connectivity index (χ2v) is 8.18. The Balaban J connectivity index is 1.52. The Bertz CT molecular complexity index is 1210. The zero-order chi connectivity index (χ0) is 25.7. The lowest BCUT2D eigenvalue weighted by atomic mass is 10.1. The Labute approximate surface area is 205 Å². The van der Waals surface area contributed by atoms with Crippen LogP contribution in [0.3, 0.4) is 0 Å². The van der Waals surface area contributed by atoms with Gasteiger partial charge < -0.3 is 24.4 Å². The summed E-state index contributed by atoms with van der Waals surface area (Å²) in [5, 5.41) is 6.79. The van der Waals surface area contributed by atoms with E-state index in [4.69, 9.17) is 9.47 Å². The van der Waals surface area contributed by atoms with Gasteiger partial charge in [0.25, 0.3) is 11.8 Å². The number of halogens is 2. The zero-order valence-corrected chi connectivity index (χ0v) is 19.7. The summed E-state index contributed by atoms with van der Waals surface area (Å²) in [5.41, 5.74) is 0.627. The van der Waals surface area contributed by atoms with Crippen LogP contribution in [-0.2, 0) is 11.8 Å². The SMILES string of the molecule is C[C@@H](COC(F)F)Oc1cc(Oc2ccc(C(=O)N3CCC3)cn2)cc(C(=O)Nc2ccn(C)n2)c1. The Morgan fingerprint density at radius 2 is 1.89 bits per heavy atom. The Kier molecular flexibility index (Phi) is 7.74. The number of aryl methyl sites for hydroxylation is 1. The molecular formula is C24H25F2N5O5. The van der Waals surface area contributed by atoms with Gasteiger partial charge in [-0.3, -0.25) is 14.3 Å². The van der Waals surface area contributed by atoms with Gasteiger partial charge in [0, 0.05) is 56.3 Å². The number of pyridine rings is 1. The molecule has 3 heterocycles. The van der Waals surface area contributed by atoms with Crippen LogP contribution in [0.2, 0.25) is 0 Å². The number of alkyl halides is 2. The van der Waals surface area contributed by atoms with E-state index < -0.39 is 18.6 Å². The maximum Gasteiger partial charge on any atom is 0.345 e. The third-order valence-electron chi connectivity index (χ3n) is 5.24. The molecule has 1 aliphatic rings. The number of carbonyl (C=O) groups is 2. The first-order valence-electron chi connectivity index (χ1n) is 11.2. The molecule has 1 fully saturated rings. The molecule has 2 aromatic heterocycles. The number of amides is 2. The first-order valence-corrected chi connectivity index (χ1v) is 11.2. The Hall–Kier alpha value is -4.06. The van der Waals surface area contributed by atoms with Crippen molar-refractivity contribution >= 4 is 17.6 Å². The van der Waals surface area contributed by atoms with Crippen LogP contribution in [0, 0.1) is 0 Å². The number of nitrogens with zero attached hydrogens (tertiary/aromatic N) is 4. The van der Waals surface area contributed by atoms with Crippen LogP contribution in [0.15, 0.2) is 48.8 Å². The summed E-state index contributed by atoms with van der Waals surface area (Å²) in [6, 6.07) is 9.22. The van der Waals surface area contributed by atoms with Crippen molar-refractivity contribution in [2.75, 3.05) is 25.0 Å². The number of likely N-dealkylation sites (tertiary alicyclic amines) is 1. The summed E-state index contributed by atoms with van der Waals surface area (Å²) in [5.74, 6) is 0.383. The number of anilines is 1. The van der Waals surface area contributed by atoms with Crippen molar-refractivity contribution < 1.29 is 32.6 Å². The first-order chi connectivity index (χ1) is 17.3. The van der Waals surface area contributed by atoms with Gasteiger partial charge in [-0.05, 0) is 31.5 Å². The number of carbonyl (C=O) groups excluding carboxylic acids is 2. The van der Waals surface area contributed by atoms with E-state index in [0.717, 1.165) is 19.5 Å². The molecule has 0 unspecified atom stereocenters. The van der Waals surface area contributed by atoms with Gasteiger partial charge >= 0.3 is 6.61 Å². The van der Waals surface area contributed by atoms with Crippen LogP contribution >= 0.6 is 0 Å². The molecule has 1 saturated heterocycles. The Morgan fingerprint density at radius 1 is 1.11 bits per heavy atom. The number of rotatable bonds is 10. The van der Waals surface area contributed by atoms with Crippen molar-refractivity contribution in [1.82, 2.24) is 19.7 Å². The molecule has 0 saturated carbocycles. The molecule has 1 atom stereocenters. The maximum absolute atomic E-state index is 12.8. The van der Waals surface area contributed by atoms with Crippen molar-refractivity contribution in [3.63, 3.8) is 0 Å². The van der Waals surface area contributed by atoms with E-state index in [2.05, 4.69) is 20.1 Å². The van der Waals surface area contributed by atoms with E-state index in [1.165, 1.54) is 29.1 Å². The number of ether oxygens (including phenoxy) is 3. The van der Waals surface area contributed by atoms with Gasteiger partial charge in [-0.15, -0.1) is 0 Å². The fourth-order valence-corrected chi connectivity index (χ4v) is 3.36. The number of benzene rings is 1. The van der Waals surface area contributed by atoms with Crippen molar-refractivity contribution in [2.45, 2.75) is 26.1 Å². The predicted molar refractivity (Wildman–Crippen MR) is 124 cm³/mol. The van der Waals surface area contributed by atoms with Crippen LogP contribution in [0.25, 0.3) is 0 Å². The molecule has 36 heavy (non-hydrogen) atoms. The summed E-state index contributed by atoms with van der Waals surface area (Å²) in [4.78, 5) is 31.1. The van der Waals surface area contributed by atoms with Crippen LogP contribution in [0.5, 0.6) is 17.4 Å². The molecule has 0 aliphatic carbocycles.